The third-order valence-electron chi connectivity index (χ3n) is 4.02. The van der Waals surface area contributed by atoms with Crippen molar-refractivity contribution in [1.82, 2.24) is 14.9 Å². The lowest BCUT2D eigenvalue weighted by Gasteiger charge is -2.14. The Hall–Kier alpha value is -1.82. The Labute approximate surface area is 153 Å². The monoisotopic (exact) mass is 361 g/mol. The Morgan fingerprint density at radius 3 is 2.76 bits per heavy atom. The average molecular weight is 362 g/mol. The van der Waals surface area contributed by atoms with Crippen LogP contribution in [0.4, 0.5) is 0 Å². The van der Waals surface area contributed by atoms with Crippen LogP contribution < -0.4 is 10.9 Å². The molecule has 0 aliphatic carbocycles. The van der Waals surface area contributed by atoms with Crippen LogP contribution in [0.25, 0.3) is 10.9 Å². The van der Waals surface area contributed by atoms with Crippen LogP contribution in [-0.4, -0.2) is 27.3 Å². The van der Waals surface area contributed by atoms with Gasteiger partial charge in [0, 0.05) is 12.6 Å². The molecule has 1 heterocycles. The maximum absolute atomic E-state index is 12.8. The number of fused-ring (bicyclic) bond motifs is 1. The van der Waals surface area contributed by atoms with Gasteiger partial charge in [-0.25, -0.2) is 4.98 Å². The number of nitrogens with zero attached hydrogens (tertiary/aromatic N) is 2. The zero-order valence-corrected chi connectivity index (χ0v) is 16.1. The van der Waals surface area contributed by atoms with Crippen LogP contribution >= 0.6 is 11.8 Å². The number of rotatable bonds is 9. The van der Waals surface area contributed by atoms with Gasteiger partial charge in [0.1, 0.15) is 0 Å². The molecule has 2 rings (SSSR count). The first kappa shape index (κ1) is 19.5. The fourth-order valence-corrected chi connectivity index (χ4v) is 3.56. The molecule has 136 valence electrons. The van der Waals surface area contributed by atoms with Gasteiger partial charge in [-0.05, 0) is 31.9 Å². The molecule has 1 N–H and O–H groups in total. The lowest BCUT2D eigenvalue weighted by molar-refractivity contribution is -0.119. The largest absolute Gasteiger partial charge is 0.353 e. The molecular weight excluding hydrogens is 334 g/mol. The third kappa shape index (κ3) is 5.33. The van der Waals surface area contributed by atoms with Crippen molar-refractivity contribution in [2.24, 2.45) is 0 Å². The molecule has 0 unspecified atom stereocenters. The second-order valence-electron chi connectivity index (χ2n) is 6.27. The van der Waals surface area contributed by atoms with E-state index < -0.39 is 0 Å². The second kappa shape index (κ2) is 9.61. The summed E-state index contributed by atoms with van der Waals surface area (Å²) >= 11 is 1.33. The number of para-hydroxylation sites is 1. The van der Waals surface area contributed by atoms with Crippen LogP contribution in [0.3, 0.4) is 0 Å². The molecule has 1 amide bonds. The van der Waals surface area contributed by atoms with Crippen molar-refractivity contribution in [1.29, 1.82) is 0 Å². The van der Waals surface area contributed by atoms with E-state index in [1.54, 1.807) is 10.6 Å². The van der Waals surface area contributed by atoms with Gasteiger partial charge in [0.25, 0.3) is 5.56 Å². The van der Waals surface area contributed by atoms with Crippen molar-refractivity contribution in [2.45, 2.75) is 64.2 Å². The molecule has 0 aliphatic heterocycles. The maximum Gasteiger partial charge on any atom is 0.262 e. The molecular formula is C19H27N3O2S. The highest BCUT2D eigenvalue weighted by Crippen LogP contribution is 2.18. The zero-order valence-electron chi connectivity index (χ0n) is 15.2. The van der Waals surface area contributed by atoms with Crippen molar-refractivity contribution >= 4 is 28.6 Å². The van der Waals surface area contributed by atoms with Gasteiger partial charge < -0.3 is 5.32 Å². The Balaban J connectivity index is 2.20. The topological polar surface area (TPSA) is 64.0 Å². The maximum atomic E-state index is 12.8. The summed E-state index contributed by atoms with van der Waals surface area (Å²) in [5.41, 5.74) is 0.656. The predicted molar refractivity (Wildman–Crippen MR) is 104 cm³/mol. The lowest BCUT2D eigenvalue weighted by atomic mass is 10.2. The van der Waals surface area contributed by atoms with Gasteiger partial charge >= 0.3 is 0 Å². The number of benzene rings is 1. The number of aromatic nitrogens is 2. The number of carbonyl (C=O) groups excluding carboxylic acids is 1. The predicted octanol–water partition coefficient (Wildman–Crippen LogP) is 3.59. The molecule has 1 aromatic carbocycles. The first-order valence-electron chi connectivity index (χ1n) is 8.98. The fourth-order valence-electron chi connectivity index (χ4n) is 2.72. The summed E-state index contributed by atoms with van der Waals surface area (Å²) in [5.74, 6) is 0.251. The first-order valence-corrected chi connectivity index (χ1v) is 9.97. The Kier molecular flexibility index (Phi) is 7.50. The van der Waals surface area contributed by atoms with Crippen LogP contribution in [0.5, 0.6) is 0 Å². The SMILES string of the molecule is CCCCn1c(SCC(=O)N[C@@H](C)CCC)nc2ccccc2c1=O. The first-order chi connectivity index (χ1) is 12.1. The standard InChI is InChI=1S/C19H27N3O2S/c1-4-6-12-22-18(24)15-10-7-8-11-16(15)21-19(22)25-13-17(23)20-14(3)9-5-2/h7-8,10-11,14H,4-6,9,12-13H2,1-3H3,(H,20,23)/t14-/m0/s1. The minimum Gasteiger partial charge on any atom is -0.353 e. The van der Waals surface area contributed by atoms with Crippen LogP contribution in [-0.2, 0) is 11.3 Å². The van der Waals surface area contributed by atoms with E-state index in [2.05, 4.69) is 24.1 Å². The molecule has 1 atom stereocenters. The van der Waals surface area contributed by atoms with Crippen molar-refractivity contribution < 1.29 is 4.79 Å². The molecule has 0 aliphatic rings. The summed E-state index contributed by atoms with van der Waals surface area (Å²) in [6, 6.07) is 7.54. The Morgan fingerprint density at radius 2 is 2.04 bits per heavy atom. The quantitative estimate of drug-likeness (QED) is 0.547. The van der Waals surface area contributed by atoms with Crippen LogP contribution in [0.15, 0.2) is 34.2 Å². The van der Waals surface area contributed by atoms with Crippen LogP contribution in [0.1, 0.15) is 46.5 Å². The molecule has 2 aromatic rings. The Bertz CT molecular complexity index is 773. The van der Waals surface area contributed by atoms with Crippen molar-refractivity contribution in [3.8, 4) is 0 Å². The van der Waals surface area contributed by atoms with E-state index in [-0.39, 0.29) is 23.3 Å². The van der Waals surface area contributed by atoms with E-state index in [0.29, 0.717) is 22.6 Å². The van der Waals surface area contributed by atoms with E-state index in [1.165, 1.54) is 11.8 Å². The minimum atomic E-state index is -0.0266. The van der Waals surface area contributed by atoms with Crippen molar-refractivity contribution in [3.05, 3.63) is 34.6 Å². The zero-order chi connectivity index (χ0) is 18.2. The number of thioether (sulfide) groups is 1. The molecule has 5 nitrogen and oxygen atoms in total. The van der Waals surface area contributed by atoms with Gasteiger partial charge in [-0.1, -0.05) is 50.6 Å². The normalized spacial score (nSPS) is 12.3. The highest BCUT2D eigenvalue weighted by molar-refractivity contribution is 7.99. The van der Waals surface area contributed by atoms with E-state index in [9.17, 15) is 9.59 Å². The Morgan fingerprint density at radius 1 is 1.28 bits per heavy atom. The molecule has 0 radical (unpaired) electrons. The number of hydrogen-bond donors (Lipinski definition) is 1. The van der Waals surface area contributed by atoms with Crippen LogP contribution in [0, 0.1) is 0 Å². The number of hydrogen-bond acceptors (Lipinski definition) is 4. The molecule has 0 spiro atoms. The van der Waals surface area contributed by atoms with Gasteiger partial charge in [-0.3, -0.25) is 14.2 Å². The average Bonchev–Trinajstić information content (AvgIpc) is 2.59. The summed E-state index contributed by atoms with van der Waals surface area (Å²) in [7, 11) is 0. The van der Waals surface area contributed by atoms with E-state index in [1.807, 2.05) is 25.1 Å². The van der Waals surface area contributed by atoms with E-state index in [4.69, 9.17) is 0 Å². The smallest absolute Gasteiger partial charge is 0.262 e. The van der Waals surface area contributed by atoms with Crippen molar-refractivity contribution in [2.75, 3.05) is 5.75 Å². The fraction of sp³-hybridized carbons (Fsp3) is 0.526. The van der Waals surface area contributed by atoms with Crippen molar-refractivity contribution in [3.63, 3.8) is 0 Å². The summed E-state index contributed by atoms with van der Waals surface area (Å²) in [6.45, 7) is 6.83. The third-order valence-corrected chi connectivity index (χ3v) is 5.00. The lowest BCUT2D eigenvalue weighted by Crippen LogP contribution is -2.34. The number of carbonyl (C=O) groups is 1. The summed E-state index contributed by atoms with van der Waals surface area (Å²) in [6.07, 6.45) is 3.91. The number of amides is 1. The second-order valence-corrected chi connectivity index (χ2v) is 7.21. The number of nitrogens with one attached hydrogen (secondary N) is 1. The molecule has 25 heavy (non-hydrogen) atoms. The van der Waals surface area contributed by atoms with Gasteiger partial charge in [0.05, 0.1) is 16.7 Å². The summed E-state index contributed by atoms with van der Waals surface area (Å²) < 4.78 is 1.71. The molecule has 6 heteroatoms. The molecule has 1 aromatic heterocycles. The highest BCUT2D eigenvalue weighted by atomic mass is 32.2. The van der Waals surface area contributed by atoms with Gasteiger partial charge in [-0.15, -0.1) is 0 Å². The van der Waals surface area contributed by atoms with E-state index >= 15 is 0 Å². The van der Waals surface area contributed by atoms with Gasteiger partial charge in [0.2, 0.25) is 5.91 Å². The molecule has 0 saturated carbocycles. The molecule has 0 fully saturated rings. The van der Waals surface area contributed by atoms with Gasteiger partial charge in [0.15, 0.2) is 5.16 Å². The van der Waals surface area contributed by atoms with Crippen LogP contribution in [0.2, 0.25) is 0 Å². The molecule has 0 bridgehead atoms. The molecule has 0 saturated heterocycles. The highest BCUT2D eigenvalue weighted by Gasteiger charge is 2.13. The summed E-state index contributed by atoms with van der Waals surface area (Å²) in [4.78, 5) is 29.5. The number of unbranched alkanes of at least 4 members (excludes halogenated alkanes) is 1. The van der Waals surface area contributed by atoms with E-state index in [0.717, 1.165) is 25.7 Å². The van der Waals surface area contributed by atoms with Gasteiger partial charge in [-0.2, -0.15) is 0 Å². The minimum absolute atomic E-state index is 0.0181. The summed E-state index contributed by atoms with van der Waals surface area (Å²) in [5, 5.41) is 4.24.